The largest absolute Gasteiger partial charge is 0.103 e. The second-order valence-electron chi connectivity index (χ2n) is 2.72. The van der Waals surface area contributed by atoms with Crippen LogP contribution in [0.4, 0.5) is 0 Å². The first-order chi connectivity index (χ1) is 5.41. The third-order valence-corrected chi connectivity index (χ3v) is 1.68. The van der Waals surface area contributed by atoms with Crippen molar-refractivity contribution in [2.75, 3.05) is 0 Å². The van der Waals surface area contributed by atoms with Gasteiger partial charge in [-0.15, -0.1) is 11.8 Å². The van der Waals surface area contributed by atoms with E-state index < -0.39 is 0 Å². The molecule has 0 aromatic rings. The summed E-state index contributed by atoms with van der Waals surface area (Å²) < 4.78 is 0. The maximum atomic E-state index is 3.80. The number of hydrogen-bond acceptors (Lipinski definition) is 0. The van der Waals surface area contributed by atoms with Gasteiger partial charge in [-0.2, -0.15) is 0 Å². The molecule has 0 nitrogen and oxygen atoms in total. The zero-order valence-corrected chi connectivity index (χ0v) is 7.36. The van der Waals surface area contributed by atoms with Crippen LogP contribution in [0.3, 0.4) is 0 Å². The van der Waals surface area contributed by atoms with Crippen molar-refractivity contribution in [2.24, 2.45) is 0 Å². The van der Waals surface area contributed by atoms with Crippen LogP contribution in [0.25, 0.3) is 0 Å². The zero-order valence-electron chi connectivity index (χ0n) is 7.36. The molecule has 0 aromatic carbocycles. The van der Waals surface area contributed by atoms with E-state index in [1.807, 2.05) is 0 Å². The highest BCUT2D eigenvalue weighted by Gasteiger charge is 1.87. The summed E-state index contributed by atoms with van der Waals surface area (Å²) in [6.45, 7) is 7.27. The fourth-order valence-corrected chi connectivity index (χ4v) is 1.01. The first-order valence-corrected chi connectivity index (χ1v) is 4.46. The molecule has 0 spiro atoms. The molecule has 0 N–H and O–H groups in total. The molecule has 0 atom stereocenters. The molecule has 0 saturated heterocycles. The lowest BCUT2D eigenvalue weighted by atomic mass is 10.1. The molecule has 0 aliphatic carbocycles. The van der Waals surface area contributed by atoms with Gasteiger partial charge in [-0.25, -0.2) is 0 Å². The molecule has 0 heterocycles. The van der Waals surface area contributed by atoms with E-state index in [2.05, 4.69) is 25.7 Å². The summed E-state index contributed by atoms with van der Waals surface area (Å²) in [5.74, 6) is 5.63. The van der Waals surface area contributed by atoms with Crippen molar-refractivity contribution < 1.29 is 0 Å². The topological polar surface area (TPSA) is 0 Å². The van der Waals surface area contributed by atoms with Crippen molar-refractivity contribution >= 4 is 0 Å². The molecule has 0 aromatic heterocycles. The summed E-state index contributed by atoms with van der Waals surface area (Å²) in [4.78, 5) is 0. The van der Waals surface area contributed by atoms with Gasteiger partial charge in [0.25, 0.3) is 0 Å². The highest BCUT2D eigenvalue weighted by atomic mass is 13.9. The SMILES string of the molecule is [CH2]C#CCCCCCCC[CH2]. The quantitative estimate of drug-likeness (QED) is 0.402. The Kier molecular flexibility index (Phi) is 9.18. The minimum absolute atomic E-state index is 1.02. The van der Waals surface area contributed by atoms with Crippen LogP contribution in [0.2, 0.25) is 0 Å². The Morgan fingerprint density at radius 3 is 2.18 bits per heavy atom. The minimum atomic E-state index is 1.02. The Morgan fingerprint density at radius 2 is 1.55 bits per heavy atom. The van der Waals surface area contributed by atoms with Gasteiger partial charge in [-0.05, 0) is 6.42 Å². The van der Waals surface area contributed by atoms with Gasteiger partial charge >= 0.3 is 0 Å². The highest BCUT2D eigenvalue weighted by Crippen LogP contribution is 2.05. The Labute approximate surface area is 71.4 Å². The summed E-state index contributed by atoms with van der Waals surface area (Å²) in [6.07, 6.45) is 8.61. The van der Waals surface area contributed by atoms with Crippen molar-refractivity contribution in [2.45, 2.75) is 44.9 Å². The molecule has 62 valence electrons. The Bertz CT molecular complexity index is 114. The van der Waals surface area contributed by atoms with E-state index in [1.165, 1.54) is 32.1 Å². The molecular formula is C11H18. The number of rotatable bonds is 6. The molecule has 0 aliphatic rings. The van der Waals surface area contributed by atoms with Crippen LogP contribution in [0, 0.1) is 25.7 Å². The van der Waals surface area contributed by atoms with Crippen LogP contribution in [0.1, 0.15) is 44.9 Å². The first-order valence-electron chi connectivity index (χ1n) is 4.46. The highest BCUT2D eigenvalue weighted by molar-refractivity contribution is 5.00. The normalized spacial score (nSPS) is 8.91. The van der Waals surface area contributed by atoms with Crippen LogP contribution < -0.4 is 0 Å². The molecule has 0 bridgehead atoms. The van der Waals surface area contributed by atoms with E-state index in [4.69, 9.17) is 0 Å². The average molecular weight is 150 g/mol. The van der Waals surface area contributed by atoms with Crippen LogP contribution in [-0.4, -0.2) is 0 Å². The van der Waals surface area contributed by atoms with E-state index in [0.29, 0.717) is 0 Å². The maximum absolute atomic E-state index is 3.80. The van der Waals surface area contributed by atoms with Crippen molar-refractivity contribution in [3.05, 3.63) is 13.8 Å². The second-order valence-corrected chi connectivity index (χ2v) is 2.72. The zero-order chi connectivity index (χ0) is 8.36. The third kappa shape index (κ3) is 9.56. The van der Waals surface area contributed by atoms with Gasteiger partial charge in [0, 0.05) is 13.3 Å². The second kappa shape index (κ2) is 9.56. The van der Waals surface area contributed by atoms with Crippen molar-refractivity contribution in [1.82, 2.24) is 0 Å². The van der Waals surface area contributed by atoms with Gasteiger partial charge in [0.15, 0.2) is 0 Å². The van der Waals surface area contributed by atoms with E-state index in [9.17, 15) is 0 Å². The predicted octanol–water partition coefficient (Wildman–Crippen LogP) is 3.39. The molecule has 0 heteroatoms. The molecule has 0 amide bonds. The van der Waals surface area contributed by atoms with Gasteiger partial charge in [-0.1, -0.05) is 39.0 Å². The summed E-state index contributed by atoms with van der Waals surface area (Å²) in [5.41, 5.74) is 0. The van der Waals surface area contributed by atoms with Gasteiger partial charge in [0.05, 0.1) is 0 Å². The molecule has 0 aliphatic heterocycles. The fourth-order valence-electron chi connectivity index (χ4n) is 1.01. The summed E-state index contributed by atoms with van der Waals surface area (Å²) in [6, 6.07) is 0. The first kappa shape index (κ1) is 10.6. The molecule has 0 saturated carbocycles. The Morgan fingerprint density at radius 1 is 0.909 bits per heavy atom. The molecular weight excluding hydrogens is 132 g/mol. The molecule has 0 unspecified atom stereocenters. The standard InChI is InChI=1S/C11H18/c1-3-5-7-9-11-10-8-6-4-2/h1-3,5,7-11H2. The average Bonchev–Trinajstić information content (AvgIpc) is 2.03. The lowest BCUT2D eigenvalue weighted by molar-refractivity contribution is 0.624. The molecule has 11 heavy (non-hydrogen) atoms. The fraction of sp³-hybridized carbons (Fsp3) is 0.636. The number of hydrogen-bond donors (Lipinski definition) is 0. The monoisotopic (exact) mass is 150 g/mol. The Hall–Kier alpha value is -0.440. The van der Waals surface area contributed by atoms with Gasteiger partial charge in [0.1, 0.15) is 0 Å². The van der Waals surface area contributed by atoms with Crippen molar-refractivity contribution in [1.29, 1.82) is 0 Å². The number of unbranched alkanes of at least 4 members (excludes halogenated alkanes) is 6. The smallest absolute Gasteiger partial charge is 0.0198 e. The predicted molar refractivity (Wildman–Crippen MR) is 50.8 cm³/mol. The third-order valence-electron chi connectivity index (χ3n) is 1.68. The van der Waals surface area contributed by atoms with E-state index in [-0.39, 0.29) is 0 Å². The summed E-state index contributed by atoms with van der Waals surface area (Å²) in [5, 5.41) is 0. The van der Waals surface area contributed by atoms with Crippen LogP contribution >= 0.6 is 0 Å². The van der Waals surface area contributed by atoms with E-state index in [0.717, 1.165) is 12.8 Å². The molecule has 0 rings (SSSR count). The molecule has 0 fully saturated rings. The van der Waals surface area contributed by atoms with Gasteiger partial charge in [0.2, 0.25) is 0 Å². The van der Waals surface area contributed by atoms with E-state index in [1.54, 1.807) is 0 Å². The lowest BCUT2D eigenvalue weighted by Crippen LogP contribution is -1.77. The Balaban J connectivity index is 2.83. The minimum Gasteiger partial charge on any atom is -0.103 e. The van der Waals surface area contributed by atoms with Crippen molar-refractivity contribution in [3.63, 3.8) is 0 Å². The van der Waals surface area contributed by atoms with Crippen LogP contribution in [0.5, 0.6) is 0 Å². The van der Waals surface area contributed by atoms with E-state index >= 15 is 0 Å². The van der Waals surface area contributed by atoms with Crippen molar-refractivity contribution in [3.8, 4) is 11.8 Å². The molecule has 2 radical (unpaired) electrons. The van der Waals surface area contributed by atoms with Crippen LogP contribution in [-0.2, 0) is 0 Å². The lowest BCUT2D eigenvalue weighted by Gasteiger charge is -1.96. The van der Waals surface area contributed by atoms with Gasteiger partial charge in [-0.3, -0.25) is 0 Å². The summed E-state index contributed by atoms with van der Waals surface area (Å²) >= 11 is 0. The maximum Gasteiger partial charge on any atom is 0.0198 e. The summed E-state index contributed by atoms with van der Waals surface area (Å²) in [7, 11) is 0. The van der Waals surface area contributed by atoms with Crippen LogP contribution in [0.15, 0.2) is 0 Å². The van der Waals surface area contributed by atoms with Gasteiger partial charge < -0.3 is 0 Å².